The van der Waals surface area contributed by atoms with E-state index < -0.39 is 0 Å². The Labute approximate surface area is 189 Å². The van der Waals surface area contributed by atoms with Crippen LogP contribution < -0.4 is 5.32 Å². The van der Waals surface area contributed by atoms with Gasteiger partial charge in [0.05, 0.1) is 5.92 Å². The van der Waals surface area contributed by atoms with Crippen molar-refractivity contribution in [1.82, 2.24) is 20.4 Å². The molecule has 2 aromatic rings. The largest absolute Gasteiger partial charge is 0.368 e. The van der Waals surface area contributed by atoms with Gasteiger partial charge in [0.15, 0.2) is 5.82 Å². The van der Waals surface area contributed by atoms with Crippen LogP contribution in [0, 0.1) is 11.7 Å². The molecule has 1 aromatic heterocycles. The molecule has 10 heteroatoms. The maximum atomic E-state index is 13.0. The maximum Gasteiger partial charge on any atom is 0.276 e. The number of aromatic nitrogens is 2. The molecular formula is C23H23FN6O3. The van der Waals surface area contributed by atoms with E-state index in [0.29, 0.717) is 49.0 Å². The van der Waals surface area contributed by atoms with Gasteiger partial charge in [-0.3, -0.25) is 9.59 Å². The molecule has 9 nitrogen and oxygen atoms in total. The van der Waals surface area contributed by atoms with E-state index >= 15 is 0 Å². The Morgan fingerprint density at radius 2 is 2.03 bits per heavy atom. The van der Waals surface area contributed by atoms with Crippen LogP contribution in [0.5, 0.6) is 0 Å². The van der Waals surface area contributed by atoms with Crippen LogP contribution >= 0.6 is 0 Å². The molecule has 2 heterocycles. The number of azo groups is 1. The van der Waals surface area contributed by atoms with Crippen molar-refractivity contribution in [2.24, 2.45) is 16.1 Å². The Morgan fingerprint density at radius 1 is 1.21 bits per heavy atom. The molecular weight excluding hydrogens is 427 g/mol. The zero-order valence-electron chi connectivity index (χ0n) is 18.1. The molecule has 33 heavy (non-hydrogen) atoms. The van der Waals surface area contributed by atoms with Gasteiger partial charge < -0.3 is 14.7 Å². The number of amides is 2. The van der Waals surface area contributed by atoms with E-state index in [1.807, 2.05) is 18.2 Å². The Balaban J connectivity index is 1.20. The summed E-state index contributed by atoms with van der Waals surface area (Å²) in [6, 6.07) is 5.80. The van der Waals surface area contributed by atoms with Crippen LogP contribution in [-0.4, -0.2) is 47.0 Å². The Morgan fingerprint density at radius 3 is 2.85 bits per heavy atom. The van der Waals surface area contributed by atoms with E-state index in [1.165, 1.54) is 12.1 Å². The van der Waals surface area contributed by atoms with E-state index in [4.69, 9.17) is 4.52 Å². The first-order chi connectivity index (χ1) is 16.0. The summed E-state index contributed by atoms with van der Waals surface area (Å²) in [6.45, 7) is 1.13. The summed E-state index contributed by atoms with van der Waals surface area (Å²) >= 11 is 0. The normalized spacial score (nSPS) is 16.8. The summed E-state index contributed by atoms with van der Waals surface area (Å²) < 4.78 is 18.2. The number of rotatable bonds is 9. The zero-order chi connectivity index (χ0) is 23.2. The molecule has 170 valence electrons. The predicted octanol–water partition coefficient (Wildman–Crippen LogP) is 3.19. The molecule has 1 unspecified atom stereocenters. The summed E-state index contributed by atoms with van der Waals surface area (Å²) in [5.74, 6) is 0.269. The number of carbonyl (C=O) groups excluding carboxylic acids is 2. The predicted molar refractivity (Wildman–Crippen MR) is 117 cm³/mol. The van der Waals surface area contributed by atoms with E-state index in [9.17, 15) is 14.0 Å². The number of aryl methyl sites for hydroxylation is 1. The number of nitrogens with one attached hydrogen (secondary N) is 1. The SMILES string of the molecule is CN(CCCNC1=C2C=CC=CC2C(=O)N=N1)C(=O)CCc1nc(-c2ccc(F)cc2)no1. The Kier molecular flexibility index (Phi) is 6.82. The standard InChI is InChI=1S/C23H23FN6O3/c1-30(14-4-13-25-22-17-5-2-3-6-18(17)23(32)28-27-22)20(31)12-11-19-26-21(29-33-19)15-7-9-16(24)10-8-15/h2-3,5-10,18,25H,4,11-14H2,1H3. The molecule has 1 aliphatic carbocycles. The molecule has 1 aliphatic heterocycles. The van der Waals surface area contributed by atoms with Gasteiger partial charge in [0.25, 0.3) is 5.91 Å². The van der Waals surface area contributed by atoms with Crippen LogP contribution in [-0.2, 0) is 16.0 Å². The lowest BCUT2D eigenvalue weighted by atomic mass is 9.93. The van der Waals surface area contributed by atoms with Crippen molar-refractivity contribution >= 4 is 11.8 Å². The lowest BCUT2D eigenvalue weighted by Crippen LogP contribution is -2.30. The number of allylic oxidation sites excluding steroid dienone is 3. The van der Waals surface area contributed by atoms with Crippen molar-refractivity contribution in [3.63, 3.8) is 0 Å². The lowest BCUT2D eigenvalue weighted by Gasteiger charge is -2.21. The third kappa shape index (κ3) is 5.46. The molecule has 0 fully saturated rings. The van der Waals surface area contributed by atoms with Crippen LogP contribution in [0.25, 0.3) is 11.4 Å². The lowest BCUT2D eigenvalue weighted by molar-refractivity contribution is -0.130. The first kappa shape index (κ1) is 22.3. The van der Waals surface area contributed by atoms with Crippen LogP contribution in [0.4, 0.5) is 4.39 Å². The van der Waals surface area contributed by atoms with Gasteiger partial charge in [0.1, 0.15) is 5.82 Å². The van der Waals surface area contributed by atoms with Gasteiger partial charge in [-0.2, -0.15) is 4.98 Å². The second kappa shape index (κ2) is 10.1. The van der Waals surface area contributed by atoms with Crippen LogP contribution in [0.15, 0.2) is 74.7 Å². The third-order valence-electron chi connectivity index (χ3n) is 5.33. The quantitative estimate of drug-likeness (QED) is 0.587. The summed E-state index contributed by atoms with van der Waals surface area (Å²) in [5, 5.41) is 14.8. The molecule has 0 spiro atoms. The van der Waals surface area contributed by atoms with Crippen molar-refractivity contribution in [2.45, 2.75) is 19.3 Å². The average molecular weight is 450 g/mol. The number of benzene rings is 1. The molecule has 1 N–H and O–H groups in total. The summed E-state index contributed by atoms with van der Waals surface area (Å²) in [7, 11) is 1.74. The second-order valence-corrected chi connectivity index (χ2v) is 7.68. The van der Waals surface area contributed by atoms with E-state index in [2.05, 4.69) is 25.7 Å². The van der Waals surface area contributed by atoms with Crippen molar-refractivity contribution < 1.29 is 18.5 Å². The molecule has 1 atom stereocenters. The summed E-state index contributed by atoms with van der Waals surface area (Å²) in [5.41, 5.74) is 1.45. The molecule has 0 saturated heterocycles. The first-order valence-electron chi connectivity index (χ1n) is 10.6. The highest BCUT2D eigenvalue weighted by atomic mass is 19.1. The van der Waals surface area contributed by atoms with Crippen LogP contribution in [0.2, 0.25) is 0 Å². The number of carbonyl (C=O) groups is 2. The van der Waals surface area contributed by atoms with Crippen molar-refractivity contribution in [1.29, 1.82) is 0 Å². The van der Waals surface area contributed by atoms with Crippen molar-refractivity contribution in [3.8, 4) is 11.4 Å². The molecule has 2 amide bonds. The highest BCUT2D eigenvalue weighted by molar-refractivity contribution is 5.86. The van der Waals surface area contributed by atoms with Gasteiger partial charge in [0, 0.05) is 44.1 Å². The fraction of sp³-hybridized carbons (Fsp3) is 0.304. The minimum absolute atomic E-state index is 0.0399. The molecule has 1 aromatic carbocycles. The number of fused-ring (bicyclic) bond motifs is 1. The Bertz CT molecular complexity index is 1150. The van der Waals surface area contributed by atoms with Crippen LogP contribution in [0.3, 0.4) is 0 Å². The minimum Gasteiger partial charge on any atom is -0.368 e. The summed E-state index contributed by atoms with van der Waals surface area (Å²) in [6.07, 6.45) is 8.60. The average Bonchev–Trinajstić information content (AvgIpc) is 3.31. The molecule has 0 radical (unpaired) electrons. The van der Waals surface area contributed by atoms with Gasteiger partial charge in [-0.1, -0.05) is 29.5 Å². The topological polar surface area (TPSA) is 113 Å². The highest BCUT2D eigenvalue weighted by Crippen LogP contribution is 2.27. The Hall–Kier alpha value is -3.95. The molecule has 0 saturated carbocycles. The van der Waals surface area contributed by atoms with Gasteiger partial charge in [-0.05, 0) is 30.7 Å². The van der Waals surface area contributed by atoms with Crippen LogP contribution in [0.1, 0.15) is 18.7 Å². The van der Waals surface area contributed by atoms with E-state index in [-0.39, 0.29) is 30.0 Å². The fourth-order valence-corrected chi connectivity index (χ4v) is 3.47. The number of hydrogen-bond donors (Lipinski definition) is 1. The smallest absolute Gasteiger partial charge is 0.276 e. The monoisotopic (exact) mass is 450 g/mol. The van der Waals surface area contributed by atoms with Gasteiger partial charge >= 0.3 is 0 Å². The zero-order valence-corrected chi connectivity index (χ0v) is 18.1. The van der Waals surface area contributed by atoms with Gasteiger partial charge in [-0.15, -0.1) is 10.2 Å². The number of hydrogen-bond acceptors (Lipinski definition) is 7. The van der Waals surface area contributed by atoms with Crippen molar-refractivity contribution in [2.75, 3.05) is 20.1 Å². The first-order valence-corrected chi connectivity index (χ1v) is 10.6. The maximum absolute atomic E-state index is 13.0. The molecule has 2 aliphatic rings. The molecule has 4 rings (SSSR count). The number of nitrogens with zero attached hydrogens (tertiary/aromatic N) is 5. The van der Waals surface area contributed by atoms with E-state index in [0.717, 1.165) is 5.57 Å². The number of halogens is 1. The highest BCUT2D eigenvalue weighted by Gasteiger charge is 2.27. The van der Waals surface area contributed by atoms with E-state index in [1.54, 1.807) is 30.2 Å². The minimum atomic E-state index is -0.382. The van der Waals surface area contributed by atoms with Crippen molar-refractivity contribution in [3.05, 3.63) is 71.7 Å². The summed E-state index contributed by atoms with van der Waals surface area (Å²) in [4.78, 5) is 30.2. The van der Waals surface area contributed by atoms with Gasteiger partial charge in [-0.25, -0.2) is 4.39 Å². The fourth-order valence-electron chi connectivity index (χ4n) is 3.47. The second-order valence-electron chi connectivity index (χ2n) is 7.68. The third-order valence-corrected chi connectivity index (χ3v) is 5.33. The molecule has 0 bridgehead atoms. The van der Waals surface area contributed by atoms with Gasteiger partial charge in [0.2, 0.25) is 17.6 Å².